The molecule has 0 unspecified atom stereocenters. The minimum atomic E-state index is -0.538. The fraction of sp³-hybridized carbons (Fsp3) is 0.385. The lowest BCUT2D eigenvalue weighted by Gasteiger charge is -2.15. The topological polar surface area (TPSA) is 96.2 Å². The third-order valence-corrected chi connectivity index (χ3v) is 2.66. The summed E-state index contributed by atoms with van der Waals surface area (Å²) in [6, 6.07) is 5.98. The van der Waals surface area contributed by atoms with E-state index in [9.17, 15) is 9.59 Å². The lowest BCUT2D eigenvalue weighted by atomic mass is 10.0. The first kappa shape index (κ1) is 15.0. The number of benzene rings is 1. The Kier molecular flexibility index (Phi) is 5.32. The minimum Gasteiger partial charge on any atom is -0.341 e. The fourth-order valence-electron chi connectivity index (χ4n) is 1.36. The summed E-state index contributed by atoms with van der Waals surface area (Å²) in [6.45, 7) is 3.78. The second kappa shape index (κ2) is 6.75. The van der Waals surface area contributed by atoms with Gasteiger partial charge in [-0.25, -0.2) is 4.79 Å². The summed E-state index contributed by atoms with van der Waals surface area (Å²) in [7, 11) is 1.54. The second-order valence-electron chi connectivity index (χ2n) is 4.54. The monoisotopic (exact) mass is 264 g/mol. The Bertz CT molecular complexity index is 442. The first-order valence-electron chi connectivity index (χ1n) is 6.09. The second-order valence-corrected chi connectivity index (χ2v) is 4.54. The summed E-state index contributed by atoms with van der Waals surface area (Å²) in [5, 5.41) is 7.80. The van der Waals surface area contributed by atoms with Crippen LogP contribution in [0.25, 0.3) is 0 Å². The average molecular weight is 264 g/mol. The first-order chi connectivity index (χ1) is 8.93. The molecule has 104 valence electrons. The number of rotatable bonds is 4. The number of anilines is 2. The number of nitrogens with two attached hydrogens (primary N) is 1. The van der Waals surface area contributed by atoms with Crippen LogP contribution in [0.4, 0.5) is 16.2 Å². The van der Waals surface area contributed by atoms with Crippen molar-refractivity contribution in [2.24, 2.45) is 11.7 Å². The molecule has 0 aliphatic carbocycles. The van der Waals surface area contributed by atoms with E-state index in [1.807, 2.05) is 13.8 Å². The van der Waals surface area contributed by atoms with Crippen LogP contribution in [0.2, 0.25) is 0 Å². The Morgan fingerprint density at radius 2 is 1.53 bits per heavy atom. The maximum atomic E-state index is 11.7. The van der Waals surface area contributed by atoms with Gasteiger partial charge in [0.2, 0.25) is 5.91 Å². The van der Waals surface area contributed by atoms with Crippen LogP contribution in [-0.4, -0.2) is 25.0 Å². The van der Waals surface area contributed by atoms with Crippen LogP contribution in [-0.2, 0) is 4.79 Å². The SMILES string of the molecule is CNC(=O)Nc1ccc(NC(=O)[C@@H](N)C(C)C)cc1. The number of urea groups is 1. The number of hydrogen-bond donors (Lipinski definition) is 4. The van der Waals surface area contributed by atoms with Crippen molar-refractivity contribution >= 4 is 23.3 Å². The van der Waals surface area contributed by atoms with Gasteiger partial charge in [-0.05, 0) is 30.2 Å². The van der Waals surface area contributed by atoms with E-state index < -0.39 is 6.04 Å². The Hall–Kier alpha value is -2.08. The number of hydrogen-bond acceptors (Lipinski definition) is 3. The molecule has 0 fully saturated rings. The van der Waals surface area contributed by atoms with Crippen LogP contribution < -0.4 is 21.7 Å². The quantitative estimate of drug-likeness (QED) is 0.661. The molecule has 5 N–H and O–H groups in total. The van der Waals surface area contributed by atoms with Crippen LogP contribution in [0, 0.1) is 5.92 Å². The van der Waals surface area contributed by atoms with Crippen molar-refractivity contribution in [3.63, 3.8) is 0 Å². The predicted molar refractivity (Wildman–Crippen MR) is 76.0 cm³/mol. The molecule has 1 aromatic rings. The highest BCUT2D eigenvalue weighted by Crippen LogP contribution is 2.14. The first-order valence-corrected chi connectivity index (χ1v) is 6.09. The summed E-state index contributed by atoms with van der Waals surface area (Å²) in [4.78, 5) is 22.8. The van der Waals surface area contributed by atoms with E-state index >= 15 is 0 Å². The zero-order chi connectivity index (χ0) is 14.4. The molecular formula is C13H20N4O2. The molecular weight excluding hydrogens is 244 g/mol. The molecule has 0 bridgehead atoms. The van der Waals surface area contributed by atoms with Crippen LogP contribution in [0.5, 0.6) is 0 Å². The average Bonchev–Trinajstić information content (AvgIpc) is 2.39. The Morgan fingerprint density at radius 1 is 1.05 bits per heavy atom. The Morgan fingerprint density at radius 3 is 1.95 bits per heavy atom. The Labute approximate surface area is 112 Å². The van der Waals surface area contributed by atoms with Crippen molar-refractivity contribution in [1.29, 1.82) is 0 Å². The van der Waals surface area contributed by atoms with Gasteiger partial charge in [0, 0.05) is 18.4 Å². The van der Waals surface area contributed by atoms with E-state index in [0.29, 0.717) is 11.4 Å². The molecule has 0 aliphatic heterocycles. The molecule has 6 heteroatoms. The van der Waals surface area contributed by atoms with E-state index in [0.717, 1.165) is 0 Å². The van der Waals surface area contributed by atoms with Crippen LogP contribution in [0.3, 0.4) is 0 Å². The third kappa shape index (κ3) is 4.59. The standard InChI is InChI=1S/C13H20N4O2/c1-8(2)11(14)12(18)16-9-4-6-10(7-5-9)17-13(19)15-3/h4-8,11H,14H2,1-3H3,(H,16,18)(H2,15,17,19)/t11-/m0/s1. The van der Waals surface area contributed by atoms with Gasteiger partial charge in [0.25, 0.3) is 0 Å². The molecule has 0 aliphatic rings. The largest absolute Gasteiger partial charge is 0.341 e. The summed E-state index contributed by atoms with van der Waals surface area (Å²) in [5.74, 6) is -0.142. The molecule has 6 nitrogen and oxygen atoms in total. The summed E-state index contributed by atoms with van der Waals surface area (Å²) >= 11 is 0. The molecule has 0 saturated heterocycles. The molecule has 0 saturated carbocycles. The van der Waals surface area contributed by atoms with Gasteiger partial charge in [0.15, 0.2) is 0 Å². The van der Waals surface area contributed by atoms with Gasteiger partial charge in [0.05, 0.1) is 6.04 Å². The summed E-state index contributed by atoms with van der Waals surface area (Å²) < 4.78 is 0. The van der Waals surface area contributed by atoms with Gasteiger partial charge in [-0.2, -0.15) is 0 Å². The van der Waals surface area contributed by atoms with Crippen LogP contribution in [0.1, 0.15) is 13.8 Å². The molecule has 19 heavy (non-hydrogen) atoms. The number of carbonyl (C=O) groups excluding carboxylic acids is 2. The van der Waals surface area contributed by atoms with Crippen molar-refractivity contribution in [1.82, 2.24) is 5.32 Å². The van der Waals surface area contributed by atoms with E-state index in [-0.39, 0.29) is 17.9 Å². The van der Waals surface area contributed by atoms with E-state index in [2.05, 4.69) is 16.0 Å². The molecule has 0 aromatic heterocycles. The molecule has 1 rings (SSSR count). The van der Waals surface area contributed by atoms with Crippen molar-refractivity contribution in [2.45, 2.75) is 19.9 Å². The molecule has 1 aromatic carbocycles. The normalized spacial score (nSPS) is 11.8. The highest BCUT2D eigenvalue weighted by molar-refractivity contribution is 5.95. The smallest absolute Gasteiger partial charge is 0.318 e. The molecule has 0 spiro atoms. The van der Waals surface area contributed by atoms with Gasteiger partial charge in [-0.1, -0.05) is 13.8 Å². The maximum absolute atomic E-state index is 11.7. The summed E-state index contributed by atoms with van der Waals surface area (Å²) in [5.41, 5.74) is 7.03. The molecule has 0 heterocycles. The van der Waals surface area contributed by atoms with E-state index in [1.165, 1.54) is 7.05 Å². The lowest BCUT2D eigenvalue weighted by molar-refractivity contribution is -0.118. The Balaban J connectivity index is 2.62. The highest BCUT2D eigenvalue weighted by atomic mass is 16.2. The van der Waals surface area contributed by atoms with E-state index in [4.69, 9.17) is 5.73 Å². The van der Waals surface area contributed by atoms with Crippen molar-refractivity contribution < 1.29 is 9.59 Å². The zero-order valence-electron chi connectivity index (χ0n) is 11.4. The van der Waals surface area contributed by atoms with Crippen molar-refractivity contribution in [3.8, 4) is 0 Å². The van der Waals surface area contributed by atoms with Gasteiger partial charge in [0.1, 0.15) is 0 Å². The number of amides is 3. The maximum Gasteiger partial charge on any atom is 0.318 e. The molecule has 0 radical (unpaired) electrons. The number of nitrogens with one attached hydrogen (secondary N) is 3. The zero-order valence-corrected chi connectivity index (χ0v) is 11.4. The van der Waals surface area contributed by atoms with E-state index in [1.54, 1.807) is 24.3 Å². The summed E-state index contributed by atoms with van der Waals surface area (Å²) in [6.07, 6.45) is 0. The number of carbonyl (C=O) groups is 2. The predicted octanol–water partition coefficient (Wildman–Crippen LogP) is 1.36. The van der Waals surface area contributed by atoms with Crippen molar-refractivity contribution in [3.05, 3.63) is 24.3 Å². The minimum absolute atomic E-state index is 0.0780. The highest BCUT2D eigenvalue weighted by Gasteiger charge is 2.16. The lowest BCUT2D eigenvalue weighted by Crippen LogP contribution is -2.39. The van der Waals surface area contributed by atoms with Crippen molar-refractivity contribution in [2.75, 3.05) is 17.7 Å². The molecule has 3 amide bonds. The third-order valence-electron chi connectivity index (χ3n) is 2.66. The van der Waals surface area contributed by atoms with Crippen LogP contribution >= 0.6 is 0 Å². The molecule has 1 atom stereocenters. The van der Waals surface area contributed by atoms with Gasteiger partial charge in [-0.15, -0.1) is 0 Å². The fourth-order valence-corrected chi connectivity index (χ4v) is 1.36. The van der Waals surface area contributed by atoms with Crippen LogP contribution in [0.15, 0.2) is 24.3 Å². The van der Waals surface area contributed by atoms with Gasteiger partial charge < -0.3 is 21.7 Å². The van der Waals surface area contributed by atoms with Gasteiger partial charge in [-0.3, -0.25) is 4.79 Å². The van der Waals surface area contributed by atoms with Gasteiger partial charge >= 0.3 is 6.03 Å².